The minimum Gasteiger partial charge on any atom is -0.478 e. The summed E-state index contributed by atoms with van der Waals surface area (Å²) in [5, 5.41) is 10.2. The van der Waals surface area contributed by atoms with Gasteiger partial charge in [0.2, 0.25) is 5.95 Å². The highest BCUT2D eigenvalue weighted by Gasteiger charge is 2.29. The number of rotatable bonds is 5. The van der Waals surface area contributed by atoms with Gasteiger partial charge in [0.05, 0.1) is 17.3 Å². The first-order chi connectivity index (χ1) is 14.0. The molecule has 4 rings (SSSR count). The summed E-state index contributed by atoms with van der Waals surface area (Å²) in [5.41, 5.74) is 2.17. The van der Waals surface area contributed by atoms with Crippen molar-refractivity contribution in [2.45, 2.75) is 25.3 Å². The van der Waals surface area contributed by atoms with Crippen molar-refractivity contribution in [2.24, 2.45) is 0 Å². The maximum Gasteiger partial charge on any atom is 0.339 e. The number of nitrogens with zero attached hydrogens (tertiary/aromatic N) is 3. The lowest BCUT2D eigenvalue weighted by atomic mass is 10.0. The van der Waals surface area contributed by atoms with Crippen LogP contribution in [0.15, 0.2) is 54.7 Å². The fourth-order valence-electron chi connectivity index (χ4n) is 3.74. The third-order valence-corrected chi connectivity index (χ3v) is 5.36. The Morgan fingerprint density at radius 2 is 2.03 bits per heavy atom. The fourth-order valence-corrected chi connectivity index (χ4v) is 3.86. The SMILES string of the molecule is O=C(O)c1cnc(N2CCC[C@H]2c2ccc(Cl)cc2)nc1Cc1cccc(F)c1. The lowest BCUT2D eigenvalue weighted by Crippen LogP contribution is -2.25. The first-order valence-electron chi connectivity index (χ1n) is 9.37. The van der Waals surface area contributed by atoms with Gasteiger partial charge in [0.15, 0.2) is 0 Å². The number of aromatic nitrogens is 2. The first-order valence-corrected chi connectivity index (χ1v) is 9.75. The van der Waals surface area contributed by atoms with E-state index in [1.165, 1.54) is 18.3 Å². The van der Waals surface area contributed by atoms with Gasteiger partial charge in [0, 0.05) is 24.2 Å². The molecule has 0 saturated carbocycles. The van der Waals surface area contributed by atoms with E-state index in [2.05, 4.69) is 14.9 Å². The third kappa shape index (κ3) is 4.22. The molecule has 0 radical (unpaired) electrons. The Morgan fingerprint density at radius 3 is 2.76 bits per heavy atom. The summed E-state index contributed by atoms with van der Waals surface area (Å²) in [6.07, 6.45) is 3.49. The molecule has 1 fully saturated rings. The maximum atomic E-state index is 13.6. The number of carboxylic acid groups (broad SMARTS) is 1. The van der Waals surface area contributed by atoms with Crippen LogP contribution >= 0.6 is 11.6 Å². The monoisotopic (exact) mass is 411 g/mol. The van der Waals surface area contributed by atoms with Crippen molar-refractivity contribution in [3.63, 3.8) is 0 Å². The molecule has 0 bridgehead atoms. The first kappa shape index (κ1) is 19.3. The average molecular weight is 412 g/mol. The van der Waals surface area contributed by atoms with Crippen LogP contribution in [0.4, 0.5) is 10.3 Å². The molecule has 1 aliphatic heterocycles. The lowest BCUT2D eigenvalue weighted by molar-refractivity contribution is 0.0695. The Balaban J connectivity index is 1.68. The highest BCUT2D eigenvalue weighted by molar-refractivity contribution is 6.30. The number of carboxylic acids is 1. The van der Waals surface area contributed by atoms with Crippen LogP contribution in [0.1, 0.15) is 46.1 Å². The number of anilines is 1. The molecule has 0 unspecified atom stereocenters. The number of hydrogen-bond acceptors (Lipinski definition) is 4. The van der Waals surface area contributed by atoms with Crippen LogP contribution in [0.2, 0.25) is 5.02 Å². The van der Waals surface area contributed by atoms with E-state index in [1.807, 2.05) is 24.3 Å². The van der Waals surface area contributed by atoms with Crippen molar-refractivity contribution in [3.8, 4) is 0 Å². The van der Waals surface area contributed by atoms with Crippen molar-refractivity contribution in [1.82, 2.24) is 9.97 Å². The Labute approximate surface area is 172 Å². The molecule has 0 spiro atoms. The fraction of sp³-hybridized carbons (Fsp3) is 0.227. The summed E-state index contributed by atoms with van der Waals surface area (Å²) in [6.45, 7) is 0.777. The molecule has 0 aliphatic carbocycles. The highest BCUT2D eigenvalue weighted by Crippen LogP contribution is 2.35. The second-order valence-electron chi connectivity index (χ2n) is 7.05. The molecule has 3 aromatic rings. The van der Waals surface area contributed by atoms with Gasteiger partial charge in [-0.25, -0.2) is 19.2 Å². The summed E-state index contributed by atoms with van der Waals surface area (Å²) < 4.78 is 13.6. The summed E-state index contributed by atoms with van der Waals surface area (Å²) >= 11 is 6.01. The second-order valence-corrected chi connectivity index (χ2v) is 7.48. The smallest absolute Gasteiger partial charge is 0.339 e. The van der Waals surface area contributed by atoms with E-state index in [4.69, 9.17) is 11.6 Å². The number of halogens is 2. The number of hydrogen-bond donors (Lipinski definition) is 1. The van der Waals surface area contributed by atoms with Crippen molar-refractivity contribution >= 4 is 23.5 Å². The van der Waals surface area contributed by atoms with Gasteiger partial charge in [-0.3, -0.25) is 0 Å². The van der Waals surface area contributed by atoms with Crippen LogP contribution in [0.25, 0.3) is 0 Å². The Morgan fingerprint density at radius 1 is 1.24 bits per heavy atom. The molecule has 2 aromatic carbocycles. The number of benzene rings is 2. The Bertz CT molecular complexity index is 1040. The van der Waals surface area contributed by atoms with Gasteiger partial charge >= 0.3 is 5.97 Å². The third-order valence-electron chi connectivity index (χ3n) is 5.11. The van der Waals surface area contributed by atoms with Crippen molar-refractivity contribution in [1.29, 1.82) is 0 Å². The van der Waals surface area contributed by atoms with Crippen LogP contribution in [0.3, 0.4) is 0 Å². The summed E-state index contributed by atoms with van der Waals surface area (Å²) in [7, 11) is 0. The molecule has 148 valence electrons. The Hall–Kier alpha value is -2.99. The zero-order valence-corrected chi connectivity index (χ0v) is 16.3. The van der Waals surface area contributed by atoms with Gasteiger partial charge in [-0.1, -0.05) is 35.9 Å². The zero-order valence-electron chi connectivity index (χ0n) is 15.6. The average Bonchev–Trinajstić information content (AvgIpc) is 3.18. The largest absolute Gasteiger partial charge is 0.478 e. The van der Waals surface area contributed by atoms with E-state index in [0.717, 1.165) is 24.9 Å². The summed E-state index contributed by atoms with van der Waals surface area (Å²) in [5.74, 6) is -0.978. The van der Waals surface area contributed by atoms with E-state index >= 15 is 0 Å². The molecular formula is C22H19ClFN3O2. The van der Waals surface area contributed by atoms with Crippen LogP contribution in [0, 0.1) is 5.82 Å². The van der Waals surface area contributed by atoms with Gasteiger partial charge in [-0.15, -0.1) is 0 Å². The van der Waals surface area contributed by atoms with E-state index in [1.54, 1.807) is 12.1 Å². The maximum absolute atomic E-state index is 13.6. The minimum absolute atomic E-state index is 0.0280. The topological polar surface area (TPSA) is 66.3 Å². The Kier molecular flexibility index (Phi) is 5.45. The summed E-state index contributed by atoms with van der Waals surface area (Å²) in [4.78, 5) is 22.6. The van der Waals surface area contributed by atoms with Crippen LogP contribution < -0.4 is 4.90 Å². The van der Waals surface area contributed by atoms with E-state index < -0.39 is 5.97 Å². The molecule has 0 amide bonds. The second kappa shape index (κ2) is 8.17. The van der Waals surface area contributed by atoms with Crippen molar-refractivity contribution in [3.05, 3.63) is 88.0 Å². The minimum atomic E-state index is -1.10. The van der Waals surface area contributed by atoms with Crippen molar-refractivity contribution < 1.29 is 14.3 Å². The highest BCUT2D eigenvalue weighted by atomic mass is 35.5. The quantitative estimate of drug-likeness (QED) is 0.646. The van der Waals surface area contributed by atoms with Gasteiger partial charge < -0.3 is 10.0 Å². The predicted octanol–water partition coefficient (Wildman–Crippen LogP) is 4.90. The van der Waals surface area contributed by atoms with E-state index in [0.29, 0.717) is 22.2 Å². The molecule has 5 nitrogen and oxygen atoms in total. The molecule has 7 heteroatoms. The standard InChI is InChI=1S/C22H19ClFN3O2/c23-16-8-6-15(7-9-16)20-5-2-10-27(20)22-25-13-18(21(28)29)19(26-22)12-14-3-1-4-17(24)11-14/h1,3-4,6-9,11,13,20H,2,5,10,12H2,(H,28,29)/t20-/m0/s1. The molecular weight excluding hydrogens is 393 g/mol. The number of carbonyl (C=O) groups is 1. The molecule has 2 heterocycles. The molecule has 29 heavy (non-hydrogen) atoms. The molecule has 1 saturated heterocycles. The predicted molar refractivity (Wildman–Crippen MR) is 109 cm³/mol. The van der Waals surface area contributed by atoms with E-state index in [-0.39, 0.29) is 23.8 Å². The van der Waals surface area contributed by atoms with Gasteiger partial charge in [0.25, 0.3) is 0 Å². The van der Waals surface area contributed by atoms with Crippen LogP contribution in [0.5, 0.6) is 0 Å². The van der Waals surface area contributed by atoms with E-state index in [9.17, 15) is 14.3 Å². The lowest BCUT2D eigenvalue weighted by Gasteiger charge is -2.25. The van der Waals surface area contributed by atoms with Crippen LogP contribution in [-0.4, -0.2) is 27.6 Å². The van der Waals surface area contributed by atoms with Gasteiger partial charge in [-0.05, 0) is 48.2 Å². The summed E-state index contributed by atoms with van der Waals surface area (Å²) in [6, 6.07) is 13.9. The molecule has 1 aromatic heterocycles. The number of aromatic carboxylic acids is 1. The molecule has 1 aliphatic rings. The normalized spacial score (nSPS) is 16.2. The van der Waals surface area contributed by atoms with Crippen molar-refractivity contribution in [2.75, 3.05) is 11.4 Å². The molecule has 1 N–H and O–H groups in total. The van der Waals surface area contributed by atoms with Gasteiger partial charge in [0.1, 0.15) is 5.82 Å². The zero-order chi connectivity index (χ0) is 20.4. The van der Waals surface area contributed by atoms with Crippen LogP contribution in [-0.2, 0) is 6.42 Å². The van der Waals surface area contributed by atoms with Gasteiger partial charge in [-0.2, -0.15) is 0 Å². The molecule has 1 atom stereocenters.